The Morgan fingerprint density at radius 2 is 2.00 bits per heavy atom. The fourth-order valence-electron chi connectivity index (χ4n) is 2.48. The number of halogens is 1. The zero-order valence-electron chi connectivity index (χ0n) is 11.0. The van der Waals surface area contributed by atoms with E-state index >= 15 is 0 Å². The minimum Gasteiger partial charge on any atom is -0.297 e. The van der Waals surface area contributed by atoms with Crippen molar-refractivity contribution in [1.82, 2.24) is 4.90 Å². The van der Waals surface area contributed by atoms with E-state index in [1.807, 2.05) is 49.1 Å². The molecular formula is C15H20FNO. The summed E-state index contributed by atoms with van der Waals surface area (Å²) in [6.45, 7) is 4.85. The Kier molecular flexibility index (Phi) is 4.12. The summed E-state index contributed by atoms with van der Waals surface area (Å²) >= 11 is 0. The van der Waals surface area contributed by atoms with E-state index in [1.54, 1.807) is 0 Å². The van der Waals surface area contributed by atoms with Crippen LogP contribution in [0, 0.1) is 5.92 Å². The van der Waals surface area contributed by atoms with Gasteiger partial charge in [0, 0.05) is 19.0 Å². The number of nitrogens with zero attached hydrogens (tertiary/aromatic N) is 1. The lowest BCUT2D eigenvalue weighted by molar-refractivity contribution is -0.127. The number of carbonyl (C=O) groups is 1. The highest BCUT2D eigenvalue weighted by atomic mass is 19.1. The van der Waals surface area contributed by atoms with E-state index < -0.39 is 6.17 Å². The van der Waals surface area contributed by atoms with Crippen molar-refractivity contribution in [1.29, 1.82) is 0 Å². The quantitative estimate of drug-likeness (QED) is 0.817. The Balaban J connectivity index is 2.26. The minimum absolute atomic E-state index is 0.0335. The van der Waals surface area contributed by atoms with Gasteiger partial charge in [0.25, 0.3) is 0 Å². The third-order valence-corrected chi connectivity index (χ3v) is 3.48. The van der Waals surface area contributed by atoms with Gasteiger partial charge in [0.15, 0.2) is 5.78 Å². The van der Waals surface area contributed by atoms with Crippen molar-refractivity contribution in [2.45, 2.75) is 32.5 Å². The summed E-state index contributed by atoms with van der Waals surface area (Å²) in [7, 11) is 0. The van der Waals surface area contributed by atoms with Gasteiger partial charge in [-0.15, -0.1) is 0 Å². The molecule has 0 aliphatic carbocycles. The summed E-state index contributed by atoms with van der Waals surface area (Å²) in [4.78, 5) is 14.3. The number of benzene rings is 1. The van der Waals surface area contributed by atoms with Crippen LogP contribution in [0.3, 0.4) is 0 Å². The fourth-order valence-corrected chi connectivity index (χ4v) is 2.48. The van der Waals surface area contributed by atoms with Crippen LogP contribution in [0.4, 0.5) is 4.39 Å². The van der Waals surface area contributed by atoms with Crippen LogP contribution in [0.2, 0.25) is 0 Å². The lowest BCUT2D eigenvalue weighted by Gasteiger charge is -2.28. The maximum atomic E-state index is 13.4. The van der Waals surface area contributed by atoms with E-state index in [0.29, 0.717) is 19.5 Å². The first kappa shape index (κ1) is 13.2. The standard InChI is InChI=1S/C15H20FNO/c1-11(2)15(18)14(12-6-4-3-5-7-12)17-9-8-13(16)10-17/h3-7,11,13-14H,8-10H2,1-2H3/t13-,14-/m0/s1. The van der Waals surface area contributed by atoms with E-state index in [1.165, 1.54) is 0 Å². The number of ketones is 1. The van der Waals surface area contributed by atoms with Crippen LogP contribution in [0.1, 0.15) is 31.9 Å². The van der Waals surface area contributed by atoms with Crippen LogP contribution < -0.4 is 0 Å². The molecule has 2 nitrogen and oxygen atoms in total. The second kappa shape index (κ2) is 5.61. The molecule has 0 unspecified atom stereocenters. The van der Waals surface area contributed by atoms with Crippen LogP contribution in [-0.4, -0.2) is 29.9 Å². The Hall–Kier alpha value is -1.22. The number of rotatable bonds is 4. The molecule has 2 atom stereocenters. The van der Waals surface area contributed by atoms with Gasteiger partial charge in [0.2, 0.25) is 0 Å². The third kappa shape index (κ3) is 2.78. The predicted octanol–water partition coefficient (Wildman–Crippen LogP) is 3.00. The van der Waals surface area contributed by atoms with Crippen molar-refractivity contribution in [3.63, 3.8) is 0 Å². The molecule has 98 valence electrons. The third-order valence-electron chi connectivity index (χ3n) is 3.48. The molecule has 0 bridgehead atoms. The summed E-state index contributed by atoms with van der Waals surface area (Å²) in [5, 5.41) is 0. The normalized spacial score (nSPS) is 22.3. The maximum absolute atomic E-state index is 13.4. The number of likely N-dealkylation sites (tertiary alicyclic amines) is 1. The van der Waals surface area contributed by atoms with Crippen molar-refractivity contribution < 1.29 is 9.18 Å². The molecule has 1 fully saturated rings. The first-order valence-electron chi connectivity index (χ1n) is 6.56. The van der Waals surface area contributed by atoms with Gasteiger partial charge in [0.1, 0.15) is 6.17 Å². The van der Waals surface area contributed by atoms with Gasteiger partial charge < -0.3 is 0 Å². The van der Waals surface area contributed by atoms with Crippen molar-refractivity contribution in [3.8, 4) is 0 Å². The zero-order chi connectivity index (χ0) is 13.1. The van der Waals surface area contributed by atoms with Crippen LogP contribution >= 0.6 is 0 Å². The molecule has 1 aliphatic rings. The average molecular weight is 249 g/mol. The molecule has 0 radical (unpaired) electrons. The molecule has 0 spiro atoms. The largest absolute Gasteiger partial charge is 0.297 e. The van der Waals surface area contributed by atoms with E-state index in [0.717, 1.165) is 5.56 Å². The van der Waals surface area contributed by atoms with Gasteiger partial charge in [-0.2, -0.15) is 0 Å². The number of Topliss-reactive ketones (excluding diaryl/α,β-unsaturated/α-hetero) is 1. The van der Waals surface area contributed by atoms with Gasteiger partial charge in [0.05, 0.1) is 6.04 Å². The number of hydrogen-bond acceptors (Lipinski definition) is 2. The van der Waals surface area contributed by atoms with Gasteiger partial charge in [-0.05, 0) is 12.0 Å². The van der Waals surface area contributed by atoms with Crippen LogP contribution in [0.25, 0.3) is 0 Å². The summed E-state index contributed by atoms with van der Waals surface area (Å²) in [6, 6.07) is 9.42. The minimum atomic E-state index is -0.795. The smallest absolute Gasteiger partial charge is 0.157 e. The predicted molar refractivity (Wildman–Crippen MR) is 70.1 cm³/mol. The van der Waals surface area contributed by atoms with E-state index in [9.17, 15) is 9.18 Å². The fraction of sp³-hybridized carbons (Fsp3) is 0.533. The Bertz CT molecular complexity index is 404. The topological polar surface area (TPSA) is 20.3 Å². The molecule has 2 rings (SSSR count). The number of hydrogen-bond donors (Lipinski definition) is 0. The van der Waals surface area contributed by atoms with Crippen molar-refractivity contribution >= 4 is 5.78 Å². The highest BCUT2D eigenvalue weighted by Gasteiger charge is 2.34. The Labute approximate surface area is 108 Å². The molecule has 1 saturated heterocycles. The molecule has 0 N–H and O–H groups in total. The average Bonchev–Trinajstić information content (AvgIpc) is 2.77. The van der Waals surface area contributed by atoms with Crippen molar-refractivity contribution in [2.75, 3.05) is 13.1 Å². The van der Waals surface area contributed by atoms with Gasteiger partial charge >= 0.3 is 0 Å². The summed E-state index contributed by atoms with van der Waals surface area (Å²) in [6.07, 6.45) is -0.259. The van der Waals surface area contributed by atoms with Gasteiger partial charge in [-0.25, -0.2) is 4.39 Å². The molecule has 3 heteroatoms. The lowest BCUT2D eigenvalue weighted by Crippen LogP contribution is -2.34. The Morgan fingerprint density at radius 3 is 2.50 bits per heavy atom. The first-order chi connectivity index (χ1) is 8.59. The van der Waals surface area contributed by atoms with E-state index in [4.69, 9.17) is 0 Å². The monoisotopic (exact) mass is 249 g/mol. The number of alkyl halides is 1. The molecule has 1 aromatic carbocycles. The second-order valence-corrected chi connectivity index (χ2v) is 5.25. The van der Waals surface area contributed by atoms with Crippen LogP contribution in [-0.2, 0) is 4.79 Å². The molecule has 18 heavy (non-hydrogen) atoms. The summed E-state index contributed by atoms with van der Waals surface area (Å²) < 4.78 is 13.4. The molecule has 0 aromatic heterocycles. The van der Waals surface area contributed by atoms with Crippen LogP contribution in [0.15, 0.2) is 30.3 Å². The van der Waals surface area contributed by atoms with Gasteiger partial charge in [-0.3, -0.25) is 9.69 Å². The van der Waals surface area contributed by atoms with Gasteiger partial charge in [-0.1, -0.05) is 44.2 Å². The van der Waals surface area contributed by atoms with E-state index in [-0.39, 0.29) is 17.7 Å². The maximum Gasteiger partial charge on any atom is 0.157 e. The molecule has 1 aromatic rings. The first-order valence-corrected chi connectivity index (χ1v) is 6.56. The molecule has 1 heterocycles. The SMILES string of the molecule is CC(C)C(=O)[C@H](c1ccccc1)N1CC[C@H](F)C1. The summed E-state index contributed by atoms with van der Waals surface area (Å²) in [5.74, 6) is 0.143. The highest BCUT2D eigenvalue weighted by molar-refractivity contribution is 5.87. The van der Waals surface area contributed by atoms with Crippen molar-refractivity contribution in [3.05, 3.63) is 35.9 Å². The van der Waals surface area contributed by atoms with Crippen LogP contribution in [0.5, 0.6) is 0 Å². The molecule has 0 amide bonds. The highest BCUT2D eigenvalue weighted by Crippen LogP contribution is 2.29. The zero-order valence-corrected chi connectivity index (χ0v) is 11.0. The molecular weight excluding hydrogens is 229 g/mol. The van der Waals surface area contributed by atoms with Crippen molar-refractivity contribution in [2.24, 2.45) is 5.92 Å². The Morgan fingerprint density at radius 1 is 1.33 bits per heavy atom. The lowest BCUT2D eigenvalue weighted by atomic mass is 9.94. The molecule has 1 aliphatic heterocycles. The number of carbonyl (C=O) groups excluding carboxylic acids is 1. The summed E-state index contributed by atoms with van der Waals surface area (Å²) in [5.41, 5.74) is 0.977. The van der Waals surface area contributed by atoms with E-state index in [2.05, 4.69) is 0 Å². The second-order valence-electron chi connectivity index (χ2n) is 5.25. The molecule has 0 saturated carbocycles.